The predicted molar refractivity (Wildman–Crippen MR) is 79.4 cm³/mol. The molecule has 1 fully saturated rings. The molecule has 1 unspecified atom stereocenters. The molecular weight excluding hydrogens is 271 g/mol. The van der Waals surface area contributed by atoms with Crippen LogP contribution in [0.4, 0.5) is 4.39 Å². The Morgan fingerprint density at radius 3 is 2.81 bits per heavy atom. The fourth-order valence-corrected chi connectivity index (χ4v) is 2.83. The van der Waals surface area contributed by atoms with E-state index in [1.165, 1.54) is 12.1 Å². The van der Waals surface area contributed by atoms with Crippen molar-refractivity contribution in [1.29, 1.82) is 0 Å². The molecule has 3 atom stereocenters. The lowest BCUT2D eigenvalue weighted by Crippen LogP contribution is -2.39. The number of nitrogens with two attached hydrogens (primary N) is 1. The van der Waals surface area contributed by atoms with Gasteiger partial charge >= 0.3 is 0 Å². The van der Waals surface area contributed by atoms with Gasteiger partial charge in [-0.15, -0.1) is 0 Å². The van der Waals surface area contributed by atoms with Gasteiger partial charge in [0.25, 0.3) is 0 Å². The van der Waals surface area contributed by atoms with Crippen molar-refractivity contribution in [3.63, 3.8) is 0 Å². The molecule has 0 aromatic heterocycles. The van der Waals surface area contributed by atoms with Crippen molar-refractivity contribution in [2.75, 3.05) is 13.1 Å². The van der Waals surface area contributed by atoms with Crippen LogP contribution in [0.15, 0.2) is 24.3 Å². The average Bonchev–Trinajstić information content (AvgIpc) is 2.96. The van der Waals surface area contributed by atoms with Crippen LogP contribution in [0.2, 0.25) is 0 Å². The van der Waals surface area contributed by atoms with Gasteiger partial charge in [-0.2, -0.15) is 0 Å². The molecule has 1 aromatic carbocycles. The first kappa shape index (κ1) is 15.8. The minimum Gasteiger partial charge on any atom is -0.489 e. The van der Waals surface area contributed by atoms with Crippen molar-refractivity contribution in [1.82, 2.24) is 5.32 Å². The number of carbonyl (C=O) groups excluding carboxylic acids is 1. The van der Waals surface area contributed by atoms with Crippen LogP contribution >= 0.6 is 0 Å². The lowest BCUT2D eigenvalue weighted by Gasteiger charge is -2.20. The number of hydrogen-bond donors (Lipinski definition) is 2. The zero-order valence-electron chi connectivity index (χ0n) is 12.3. The number of carbonyl (C=O) groups is 1. The second-order valence-corrected chi connectivity index (χ2v) is 5.66. The van der Waals surface area contributed by atoms with Crippen molar-refractivity contribution in [2.24, 2.45) is 17.6 Å². The Kier molecular flexibility index (Phi) is 5.56. The van der Waals surface area contributed by atoms with Gasteiger partial charge in [0.1, 0.15) is 17.7 Å². The largest absolute Gasteiger partial charge is 0.489 e. The highest BCUT2D eigenvalue weighted by atomic mass is 19.1. The normalized spacial score (nSPS) is 22.8. The topological polar surface area (TPSA) is 64.4 Å². The summed E-state index contributed by atoms with van der Waals surface area (Å²) in [6.45, 7) is 2.88. The molecule has 2 rings (SSSR count). The average molecular weight is 294 g/mol. The minimum absolute atomic E-state index is 0.0352. The van der Waals surface area contributed by atoms with Gasteiger partial charge in [0, 0.05) is 5.92 Å². The summed E-state index contributed by atoms with van der Waals surface area (Å²) in [7, 11) is 0. The SMILES string of the molecule is CC(CNC(=O)[C@@H]1CCC[C@@H]1CN)Oc1ccc(F)cc1. The second-order valence-electron chi connectivity index (χ2n) is 5.66. The Morgan fingerprint density at radius 2 is 2.14 bits per heavy atom. The highest BCUT2D eigenvalue weighted by molar-refractivity contribution is 5.79. The maximum atomic E-state index is 12.8. The summed E-state index contributed by atoms with van der Waals surface area (Å²) >= 11 is 0. The molecule has 1 aliphatic carbocycles. The van der Waals surface area contributed by atoms with Crippen LogP contribution in [0.5, 0.6) is 5.75 Å². The predicted octanol–water partition coefficient (Wildman–Crippen LogP) is 2.08. The Bertz CT molecular complexity index is 464. The summed E-state index contributed by atoms with van der Waals surface area (Å²) in [5, 5.41) is 2.93. The molecule has 0 bridgehead atoms. The van der Waals surface area contributed by atoms with E-state index in [9.17, 15) is 9.18 Å². The third kappa shape index (κ3) is 4.43. The number of nitrogens with one attached hydrogen (secondary N) is 1. The Labute approximate surface area is 124 Å². The third-order valence-electron chi connectivity index (χ3n) is 4.01. The standard InChI is InChI=1S/C16H23FN2O2/c1-11(21-14-7-5-13(17)6-8-14)10-19-16(20)15-4-2-3-12(15)9-18/h5-8,11-12,15H,2-4,9-10,18H2,1H3,(H,19,20)/t11?,12-,15-/m1/s1. The monoisotopic (exact) mass is 294 g/mol. The molecule has 1 amide bonds. The zero-order valence-corrected chi connectivity index (χ0v) is 12.3. The van der Waals surface area contributed by atoms with E-state index >= 15 is 0 Å². The maximum absolute atomic E-state index is 12.8. The second kappa shape index (κ2) is 7.41. The molecule has 1 saturated carbocycles. The van der Waals surface area contributed by atoms with Crippen molar-refractivity contribution in [3.05, 3.63) is 30.1 Å². The van der Waals surface area contributed by atoms with Crippen LogP contribution in [0.3, 0.4) is 0 Å². The van der Waals surface area contributed by atoms with E-state index in [1.807, 2.05) is 6.92 Å². The molecule has 1 aromatic rings. The third-order valence-corrected chi connectivity index (χ3v) is 4.01. The lowest BCUT2D eigenvalue weighted by atomic mass is 9.95. The number of amides is 1. The van der Waals surface area contributed by atoms with Gasteiger partial charge in [-0.25, -0.2) is 4.39 Å². The zero-order chi connectivity index (χ0) is 15.2. The molecule has 1 aliphatic rings. The van der Waals surface area contributed by atoms with Gasteiger partial charge in [-0.3, -0.25) is 4.79 Å². The Hall–Kier alpha value is -1.62. The van der Waals surface area contributed by atoms with Gasteiger partial charge < -0.3 is 15.8 Å². The van der Waals surface area contributed by atoms with Crippen LogP contribution < -0.4 is 15.8 Å². The van der Waals surface area contributed by atoms with Gasteiger partial charge in [0.05, 0.1) is 6.54 Å². The fraction of sp³-hybridized carbons (Fsp3) is 0.562. The van der Waals surface area contributed by atoms with E-state index in [1.54, 1.807) is 12.1 Å². The van der Waals surface area contributed by atoms with Crippen LogP contribution in [0.25, 0.3) is 0 Å². The molecule has 4 nitrogen and oxygen atoms in total. The van der Waals surface area contributed by atoms with E-state index < -0.39 is 0 Å². The highest BCUT2D eigenvalue weighted by Crippen LogP contribution is 2.30. The summed E-state index contributed by atoms with van der Waals surface area (Å²) in [4.78, 5) is 12.1. The van der Waals surface area contributed by atoms with Crippen molar-refractivity contribution >= 4 is 5.91 Å². The van der Waals surface area contributed by atoms with Gasteiger partial charge in [-0.05, 0) is 56.5 Å². The highest BCUT2D eigenvalue weighted by Gasteiger charge is 2.31. The Morgan fingerprint density at radius 1 is 1.43 bits per heavy atom. The molecule has 21 heavy (non-hydrogen) atoms. The van der Waals surface area contributed by atoms with E-state index in [2.05, 4.69) is 5.32 Å². The molecule has 0 heterocycles. The first-order valence-corrected chi connectivity index (χ1v) is 7.50. The number of halogens is 1. The quantitative estimate of drug-likeness (QED) is 0.844. The van der Waals surface area contributed by atoms with Crippen molar-refractivity contribution in [2.45, 2.75) is 32.3 Å². The molecule has 116 valence electrons. The fourth-order valence-electron chi connectivity index (χ4n) is 2.83. The molecular formula is C16H23FN2O2. The molecule has 0 radical (unpaired) electrons. The number of benzene rings is 1. The summed E-state index contributed by atoms with van der Waals surface area (Å²) < 4.78 is 18.4. The summed E-state index contributed by atoms with van der Waals surface area (Å²) in [6.07, 6.45) is 2.86. The smallest absolute Gasteiger partial charge is 0.223 e. The summed E-state index contributed by atoms with van der Waals surface area (Å²) in [5.74, 6) is 0.708. The lowest BCUT2D eigenvalue weighted by molar-refractivity contribution is -0.126. The van der Waals surface area contributed by atoms with Crippen LogP contribution in [0, 0.1) is 17.7 Å². The first-order chi connectivity index (χ1) is 10.1. The molecule has 5 heteroatoms. The van der Waals surface area contributed by atoms with E-state index in [0.717, 1.165) is 19.3 Å². The first-order valence-electron chi connectivity index (χ1n) is 7.50. The van der Waals surface area contributed by atoms with Gasteiger partial charge in [-0.1, -0.05) is 6.42 Å². The minimum atomic E-state index is -0.294. The summed E-state index contributed by atoms with van der Waals surface area (Å²) in [6, 6.07) is 5.86. The molecule has 0 saturated heterocycles. The number of hydrogen-bond acceptors (Lipinski definition) is 3. The van der Waals surface area contributed by atoms with Crippen LogP contribution in [-0.2, 0) is 4.79 Å². The van der Waals surface area contributed by atoms with Crippen LogP contribution in [-0.4, -0.2) is 25.1 Å². The van der Waals surface area contributed by atoms with E-state index in [0.29, 0.717) is 24.8 Å². The van der Waals surface area contributed by atoms with Crippen molar-refractivity contribution in [3.8, 4) is 5.75 Å². The molecule has 0 spiro atoms. The Balaban J connectivity index is 1.77. The van der Waals surface area contributed by atoms with Gasteiger partial charge in [0.15, 0.2) is 0 Å². The molecule has 3 N–H and O–H groups in total. The van der Waals surface area contributed by atoms with E-state index in [-0.39, 0.29) is 23.7 Å². The van der Waals surface area contributed by atoms with Gasteiger partial charge in [0.2, 0.25) is 5.91 Å². The van der Waals surface area contributed by atoms with Crippen molar-refractivity contribution < 1.29 is 13.9 Å². The number of ether oxygens (including phenoxy) is 1. The maximum Gasteiger partial charge on any atom is 0.223 e. The van der Waals surface area contributed by atoms with Crippen LogP contribution in [0.1, 0.15) is 26.2 Å². The molecule has 0 aliphatic heterocycles. The summed E-state index contributed by atoms with van der Waals surface area (Å²) in [5.41, 5.74) is 5.70. The van der Waals surface area contributed by atoms with E-state index in [4.69, 9.17) is 10.5 Å². The number of rotatable bonds is 6.